The van der Waals surface area contributed by atoms with Crippen LogP contribution in [0, 0.1) is 19.7 Å². The van der Waals surface area contributed by atoms with Crippen LogP contribution in [0.5, 0.6) is 0 Å². The Morgan fingerprint density at radius 3 is 2.65 bits per heavy atom. The zero-order chi connectivity index (χ0) is 18.8. The molecular formula is C18H16FN3O3S. The molecule has 8 heteroatoms. The van der Waals surface area contributed by atoms with Crippen LogP contribution >= 0.6 is 11.3 Å². The predicted molar refractivity (Wildman–Crippen MR) is 96.6 cm³/mol. The molecule has 26 heavy (non-hydrogen) atoms. The minimum absolute atomic E-state index is 0.104. The number of anilines is 1. The molecule has 1 amide bonds. The van der Waals surface area contributed by atoms with Gasteiger partial charge in [-0.1, -0.05) is 12.1 Å². The molecule has 134 valence electrons. The second-order valence-electron chi connectivity index (χ2n) is 5.53. The van der Waals surface area contributed by atoms with E-state index >= 15 is 0 Å². The highest BCUT2D eigenvalue weighted by Gasteiger charge is 2.22. The number of para-hydroxylation sites is 1. The van der Waals surface area contributed by atoms with Gasteiger partial charge in [0.1, 0.15) is 16.5 Å². The smallest absolute Gasteiger partial charge is 0.341 e. The Kier molecular flexibility index (Phi) is 4.85. The van der Waals surface area contributed by atoms with Crippen LogP contribution in [0.15, 0.2) is 36.5 Å². The first-order chi connectivity index (χ1) is 12.4. The lowest BCUT2D eigenvalue weighted by molar-refractivity contribution is 0.0601. The van der Waals surface area contributed by atoms with E-state index in [1.165, 1.54) is 41.5 Å². The minimum Gasteiger partial charge on any atom is -0.465 e. The monoisotopic (exact) mass is 373 g/mol. The number of amides is 1. The number of aromatic nitrogens is 2. The lowest BCUT2D eigenvalue weighted by atomic mass is 10.1. The number of carbonyl (C=O) groups is 2. The average molecular weight is 373 g/mol. The van der Waals surface area contributed by atoms with Crippen LogP contribution in [0.3, 0.4) is 0 Å². The van der Waals surface area contributed by atoms with E-state index in [2.05, 4.69) is 10.4 Å². The minimum atomic E-state index is -0.515. The van der Waals surface area contributed by atoms with Crippen LogP contribution in [0.4, 0.5) is 9.39 Å². The Bertz CT molecular complexity index is 993. The molecule has 2 heterocycles. The first kappa shape index (κ1) is 17.8. The summed E-state index contributed by atoms with van der Waals surface area (Å²) >= 11 is 1.29. The number of nitrogens with zero attached hydrogens (tertiary/aromatic N) is 2. The number of ether oxygens (including phenoxy) is 1. The van der Waals surface area contributed by atoms with Gasteiger partial charge >= 0.3 is 5.97 Å². The summed E-state index contributed by atoms with van der Waals surface area (Å²) in [5.41, 5.74) is 1.43. The van der Waals surface area contributed by atoms with E-state index in [0.717, 1.165) is 10.4 Å². The van der Waals surface area contributed by atoms with Gasteiger partial charge in [-0.3, -0.25) is 4.79 Å². The van der Waals surface area contributed by atoms with Crippen LogP contribution in [0.1, 0.15) is 31.3 Å². The number of hydrogen-bond acceptors (Lipinski definition) is 5. The largest absolute Gasteiger partial charge is 0.465 e. The van der Waals surface area contributed by atoms with Gasteiger partial charge in [0.2, 0.25) is 0 Å². The van der Waals surface area contributed by atoms with Gasteiger partial charge in [-0.25, -0.2) is 13.9 Å². The maximum Gasteiger partial charge on any atom is 0.341 e. The maximum atomic E-state index is 13.8. The molecular weight excluding hydrogens is 357 g/mol. The number of rotatable bonds is 4. The summed E-state index contributed by atoms with van der Waals surface area (Å²) in [6.45, 7) is 3.65. The van der Waals surface area contributed by atoms with Gasteiger partial charge in [0.15, 0.2) is 5.69 Å². The van der Waals surface area contributed by atoms with E-state index in [0.29, 0.717) is 10.6 Å². The normalized spacial score (nSPS) is 10.6. The predicted octanol–water partition coefficient (Wildman–Crippen LogP) is 3.73. The van der Waals surface area contributed by atoms with E-state index in [1.54, 1.807) is 25.1 Å². The van der Waals surface area contributed by atoms with E-state index in [9.17, 15) is 14.0 Å². The van der Waals surface area contributed by atoms with Gasteiger partial charge in [-0.05, 0) is 37.6 Å². The summed E-state index contributed by atoms with van der Waals surface area (Å²) in [4.78, 5) is 25.4. The second kappa shape index (κ2) is 7.09. The number of thiophene rings is 1. The van der Waals surface area contributed by atoms with Crippen LogP contribution in [-0.4, -0.2) is 28.8 Å². The lowest BCUT2D eigenvalue weighted by Gasteiger charge is -2.05. The van der Waals surface area contributed by atoms with Gasteiger partial charge in [-0.15, -0.1) is 11.3 Å². The molecule has 0 spiro atoms. The Morgan fingerprint density at radius 2 is 1.96 bits per heavy atom. The molecule has 1 N–H and O–H groups in total. The van der Waals surface area contributed by atoms with Gasteiger partial charge in [0.05, 0.1) is 12.7 Å². The molecule has 0 saturated carbocycles. The SMILES string of the molecule is COC(=O)c1c(NC(=O)c2ccn(-c3ccccc3F)n2)sc(C)c1C. The molecule has 0 atom stereocenters. The number of carbonyl (C=O) groups excluding carboxylic acids is 2. The molecule has 0 fully saturated rings. The third kappa shape index (κ3) is 3.23. The van der Waals surface area contributed by atoms with Crippen LogP contribution in [0.2, 0.25) is 0 Å². The summed E-state index contributed by atoms with van der Waals surface area (Å²) in [5, 5.41) is 7.21. The summed E-state index contributed by atoms with van der Waals surface area (Å²) < 4.78 is 19.9. The number of aryl methyl sites for hydroxylation is 1. The van der Waals surface area contributed by atoms with Crippen LogP contribution in [0.25, 0.3) is 5.69 Å². The molecule has 0 radical (unpaired) electrons. The van der Waals surface area contributed by atoms with Crippen molar-refractivity contribution in [3.8, 4) is 5.69 Å². The molecule has 0 aliphatic carbocycles. The molecule has 0 aliphatic heterocycles. The van der Waals surface area contributed by atoms with Gasteiger partial charge in [-0.2, -0.15) is 5.10 Å². The Balaban J connectivity index is 1.88. The first-order valence-electron chi connectivity index (χ1n) is 7.72. The highest BCUT2D eigenvalue weighted by atomic mass is 32.1. The van der Waals surface area contributed by atoms with Crippen molar-refractivity contribution >= 4 is 28.2 Å². The summed E-state index contributed by atoms with van der Waals surface area (Å²) in [5.74, 6) is -1.45. The number of halogens is 1. The summed E-state index contributed by atoms with van der Waals surface area (Å²) in [6, 6.07) is 7.61. The van der Waals surface area contributed by atoms with Crippen molar-refractivity contribution in [3.05, 3.63) is 64.0 Å². The van der Waals surface area contributed by atoms with Crippen molar-refractivity contribution < 1.29 is 18.7 Å². The Morgan fingerprint density at radius 1 is 1.23 bits per heavy atom. The van der Waals surface area contributed by atoms with Crippen molar-refractivity contribution in [2.45, 2.75) is 13.8 Å². The highest BCUT2D eigenvalue weighted by molar-refractivity contribution is 7.16. The molecule has 2 aromatic heterocycles. The zero-order valence-corrected chi connectivity index (χ0v) is 15.2. The maximum absolute atomic E-state index is 13.8. The molecule has 3 aromatic rings. The molecule has 3 rings (SSSR count). The third-order valence-electron chi connectivity index (χ3n) is 3.92. The highest BCUT2D eigenvalue weighted by Crippen LogP contribution is 2.33. The van der Waals surface area contributed by atoms with E-state index in [1.807, 2.05) is 6.92 Å². The molecule has 0 saturated heterocycles. The van der Waals surface area contributed by atoms with Gasteiger partial charge in [0.25, 0.3) is 5.91 Å². The summed E-state index contributed by atoms with van der Waals surface area (Å²) in [6.07, 6.45) is 1.50. The fourth-order valence-electron chi connectivity index (χ4n) is 2.45. The standard InChI is InChI=1S/C18H16FN3O3S/c1-10-11(2)26-17(15(10)18(24)25-3)20-16(23)13-8-9-22(21-13)14-7-5-4-6-12(14)19/h4-9H,1-3H3,(H,20,23). The number of hydrogen-bond donors (Lipinski definition) is 1. The molecule has 6 nitrogen and oxygen atoms in total. The Hall–Kier alpha value is -3.00. The van der Waals surface area contributed by atoms with Crippen molar-refractivity contribution in [3.63, 3.8) is 0 Å². The summed E-state index contributed by atoms with van der Waals surface area (Å²) in [7, 11) is 1.29. The quantitative estimate of drug-likeness (QED) is 0.707. The molecule has 0 aliphatic rings. The Labute approximate surface area is 153 Å². The van der Waals surface area contributed by atoms with E-state index < -0.39 is 17.7 Å². The van der Waals surface area contributed by atoms with Crippen molar-refractivity contribution in [2.24, 2.45) is 0 Å². The van der Waals surface area contributed by atoms with Gasteiger partial charge < -0.3 is 10.1 Å². The average Bonchev–Trinajstić information content (AvgIpc) is 3.21. The molecule has 0 unspecified atom stereocenters. The molecule has 1 aromatic carbocycles. The fraction of sp³-hybridized carbons (Fsp3) is 0.167. The zero-order valence-electron chi connectivity index (χ0n) is 14.4. The third-order valence-corrected chi connectivity index (χ3v) is 5.05. The van der Waals surface area contributed by atoms with Crippen LogP contribution < -0.4 is 5.32 Å². The molecule has 0 bridgehead atoms. The van der Waals surface area contributed by atoms with Crippen molar-refractivity contribution in [2.75, 3.05) is 12.4 Å². The van der Waals surface area contributed by atoms with Crippen LogP contribution in [-0.2, 0) is 4.74 Å². The number of esters is 1. The van der Waals surface area contributed by atoms with Gasteiger partial charge in [0, 0.05) is 11.1 Å². The van der Waals surface area contributed by atoms with Crippen molar-refractivity contribution in [1.82, 2.24) is 9.78 Å². The second-order valence-corrected chi connectivity index (χ2v) is 6.75. The number of methoxy groups -OCH3 is 1. The van der Waals surface area contributed by atoms with E-state index in [4.69, 9.17) is 4.74 Å². The van der Waals surface area contributed by atoms with E-state index in [-0.39, 0.29) is 11.4 Å². The topological polar surface area (TPSA) is 73.2 Å². The number of benzene rings is 1. The lowest BCUT2D eigenvalue weighted by Crippen LogP contribution is -2.15. The van der Waals surface area contributed by atoms with Crippen molar-refractivity contribution in [1.29, 1.82) is 0 Å². The number of nitrogens with one attached hydrogen (secondary N) is 1. The fourth-order valence-corrected chi connectivity index (χ4v) is 3.49. The first-order valence-corrected chi connectivity index (χ1v) is 8.54.